The Morgan fingerprint density at radius 2 is 1.88 bits per heavy atom. The number of ether oxygens (including phenoxy) is 2. The summed E-state index contributed by atoms with van der Waals surface area (Å²) in [5, 5.41) is 14.6. The summed E-state index contributed by atoms with van der Waals surface area (Å²) in [4.78, 5) is 37.7. The Hall–Kier alpha value is -3.04. The number of hydrogen-bond donors (Lipinski definition) is 1. The fourth-order valence-electron chi connectivity index (χ4n) is 3.10. The second kappa shape index (κ2) is 13.0. The lowest BCUT2D eigenvalue weighted by atomic mass is 10.1. The number of nitro groups is 1. The van der Waals surface area contributed by atoms with Crippen LogP contribution in [0.25, 0.3) is 0 Å². The highest BCUT2D eigenvalue weighted by Crippen LogP contribution is 2.31. The van der Waals surface area contributed by atoms with Crippen molar-refractivity contribution < 1.29 is 24.0 Å². The third-order valence-corrected chi connectivity index (χ3v) is 5.81. The highest BCUT2D eigenvalue weighted by atomic mass is 35.5. The average Bonchev–Trinajstić information content (AvgIpc) is 2.81. The van der Waals surface area contributed by atoms with Gasteiger partial charge < -0.3 is 19.7 Å². The van der Waals surface area contributed by atoms with Crippen LogP contribution in [0.15, 0.2) is 36.4 Å². The molecule has 0 saturated heterocycles. The van der Waals surface area contributed by atoms with Crippen molar-refractivity contribution in [2.45, 2.75) is 39.3 Å². The molecule has 0 saturated carbocycles. The van der Waals surface area contributed by atoms with Crippen molar-refractivity contribution >= 4 is 40.7 Å². The van der Waals surface area contributed by atoms with Gasteiger partial charge in [-0.05, 0) is 31.5 Å². The molecule has 0 unspecified atom stereocenters. The zero-order chi connectivity index (χ0) is 25.3. The minimum absolute atomic E-state index is 0.00155. The lowest BCUT2D eigenvalue weighted by Crippen LogP contribution is -2.49. The van der Waals surface area contributed by atoms with Crippen molar-refractivity contribution in [3.63, 3.8) is 0 Å². The van der Waals surface area contributed by atoms with E-state index in [0.29, 0.717) is 22.2 Å². The summed E-state index contributed by atoms with van der Waals surface area (Å²) in [5.41, 5.74) is 0.276. The highest BCUT2D eigenvalue weighted by molar-refractivity contribution is 6.36. The molecule has 2 rings (SSSR count). The molecule has 0 fully saturated rings. The summed E-state index contributed by atoms with van der Waals surface area (Å²) in [6.45, 7) is 3.68. The van der Waals surface area contributed by atoms with Gasteiger partial charge in [-0.2, -0.15) is 0 Å². The Labute approximate surface area is 208 Å². The Bertz CT molecular complexity index is 1010. The number of rotatable bonds is 12. The van der Waals surface area contributed by atoms with E-state index in [2.05, 4.69) is 5.32 Å². The average molecular weight is 512 g/mol. The van der Waals surface area contributed by atoms with E-state index in [-0.39, 0.29) is 29.6 Å². The third kappa shape index (κ3) is 7.23. The zero-order valence-electron chi connectivity index (χ0n) is 19.2. The topological polar surface area (TPSA) is 111 Å². The molecule has 0 aromatic heterocycles. The van der Waals surface area contributed by atoms with Gasteiger partial charge in [0.25, 0.3) is 5.91 Å². The first-order chi connectivity index (χ1) is 16.2. The number of nitrogens with one attached hydrogen (secondary N) is 1. The first-order valence-electron chi connectivity index (χ1n) is 10.6. The van der Waals surface area contributed by atoms with Crippen molar-refractivity contribution in [3.05, 3.63) is 62.1 Å². The molecule has 0 heterocycles. The molecule has 184 valence electrons. The summed E-state index contributed by atoms with van der Waals surface area (Å²) in [6.07, 6.45) is 1.73. The summed E-state index contributed by atoms with van der Waals surface area (Å²) in [6, 6.07) is 8.07. The molecule has 0 aliphatic rings. The molecule has 1 N–H and O–H groups in total. The molecule has 0 aliphatic heterocycles. The van der Waals surface area contributed by atoms with Gasteiger partial charge in [0.2, 0.25) is 11.7 Å². The molecule has 1 atom stereocenters. The van der Waals surface area contributed by atoms with Crippen LogP contribution in [0.5, 0.6) is 11.5 Å². The standard InChI is InChI=1S/C23H27Cl2N3O6/c1-4-5-11-26-23(30)15(2)27(13-17-18(24)7-6-8-19(17)25)22(29)14-34-16-9-10-20(28(31)32)21(12-16)33-3/h6-10,12,15H,4-5,11,13-14H2,1-3H3,(H,26,30)/t15-/m0/s1. The smallest absolute Gasteiger partial charge is 0.311 e. The fourth-order valence-corrected chi connectivity index (χ4v) is 3.62. The van der Waals surface area contributed by atoms with E-state index in [1.807, 2.05) is 6.92 Å². The molecule has 0 bridgehead atoms. The maximum absolute atomic E-state index is 13.1. The van der Waals surface area contributed by atoms with E-state index < -0.39 is 23.5 Å². The third-order valence-electron chi connectivity index (χ3n) is 5.10. The number of amides is 2. The monoisotopic (exact) mass is 511 g/mol. The van der Waals surface area contributed by atoms with Gasteiger partial charge in [0.1, 0.15) is 11.8 Å². The molecular formula is C23H27Cl2N3O6. The maximum atomic E-state index is 13.1. The van der Waals surface area contributed by atoms with Crippen LogP contribution in [0.1, 0.15) is 32.3 Å². The minimum Gasteiger partial charge on any atom is -0.490 e. The molecule has 2 aromatic carbocycles. The second-order valence-corrected chi connectivity index (χ2v) is 8.24. The molecule has 9 nitrogen and oxygen atoms in total. The molecule has 34 heavy (non-hydrogen) atoms. The predicted molar refractivity (Wildman–Crippen MR) is 130 cm³/mol. The molecule has 11 heteroatoms. The van der Waals surface area contributed by atoms with Crippen LogP contribution < -0.4 is 14.8 Å². The van der Waals surface area contributed by atoms with Crippen molar-refractivity contribution in [1.82, 2.24) is 10.2 Å². The Balaban J connectivity index is 2.22. The van der Waals surface area contributed by atoms with E-state index >= 15 is 0 Å². The number of carbonyl (C=O) groups excluding carboxylic acids is 2. The summed E-state index contributed by atoms with van der Waals surface area (Å²) in [5.74, 6) is -0.613. The van der Waals surface area contributed by atoms with E-state index in [9.17, 15) is 19.7 Å². The summed E-state index contributed by atoms with van der Waals surface area (Å²) < 4.78 is 10.6. The number of nitrogens with zero attached hydrogens (tertiary/aromatic N) is 2. The maximum Gasteiger partial charge on any atom is 0.311 e. The van der Waals surface area contributed by atoms with Gasteiger partial charge in [-0.15, -0.1) is 0 Å². The largest absolute Gasteiger partial charge is 0.490 e. The number of benzene rings is 2. The van der Waals surface area contributed by atoms with E-state index in [1.54, 1.807) is 25.1 Å². The molecule has 0 spiro atoms. The van der Waals surface area contributed by atoms with Crippen LogP contribution in [-0.4, -0.2) is 47.9 Å². The van der Waals surface area contributed by atoms with Crippen LogP contribution in [0.3, 0.4) is 0 Å². The first kappa shape index (κ1) is 27.2. The van der Waals surface area contributed by atoms with E-state index in [0.717, 1.165) is 12.8 Å². The van der Waals surface area contributed by atoms with Gasteiger partial charge in [-0.25, -0.2) is 0 Å². The van der Waals surface area contributed by atoms with E-state index in [1.165, 1.54) is 30.2 Å². The Morgan fingerprint density at radius 1 is 1.21 bits per heavy atom. The predicted octanol–water partition coefficient (Wildman–Crippen LogP) is 4.62. The fraction of sp³-hybridized carbons (Fsp3) is 0.391. The molecule has 2 aromatic rings. The van der Waals surface area contributed by atoms with Crippen molar-refractivity contribution in [3.8, 4) is 11.5 Å². The number of unbranched alkanes of at least 4 members (excludes halogenated alkanes) is 1. The van der Waals surface area contributed by atoms with Gasteiger partial charge in [0.15, 0.2) is 6.61 Å². The van der Waals surface area contributed by atoms with Crippen molar-refractivity contribution in [2.75, 3.05) is 20.3 Å². The van der Waals surface area contributed by atoms with Crippen LogP contribution in [0.2, 0.25) is 10.0 Å². The Kier molecular flexibility index (Phi) is 10.4. The summed E-state index contributed by atoms with van der Waals surface area (Å²) >= 11 is 12.6. The van der Waals surface area contributed by atoms with Crippen LogP contribution in [-0.2, 0) is 16.1 Å². The molecule has 0 aliphatic carbocycles. The molecular weight excluding hydrogens is 485 g/mol. The highest BCUT2D eigenvalue weighted by Gasteiger charge is 2.28. The summed E-state index contributed by atoms with van der Waals surface area (Å²) in [7, 11) is 1.30. The van der Waals surface area contributed by atoms with Crippen LogP contribution in [0.4, 0.5) is 5.69 Å². The number of carbonyl (C=O) groups is 2. The normalized spacial score (nSPS) is 11.4. The van der Waals surface area contributed by atoms with Crippen molar-refractivity contribution in [1.29, 1.82) is 0 Å². The van der Waals surface area contributed by atoms with Gasteiger partial charge in [0, 0.05) is 40.8 Å². The SMILES string of the molecule is CCCCNC(=O)[C@H](C)N(Cc1c(Cl)cccc1Cl)C(=O)COc1ccc([N+](=O)[O-])c(OC)c1. The number of methoxy groups -OCH3 is 1. The number of halogens is 2. The lowest BCUT2D eigenvalue weighted by Gasteiger charge is -2.29. The lowest BCUT2D eigenvalue weighted by molar-refractivity contribution is -0.385. The van der Waals surface area contributed by atoms with Gasteiger partial charge in [-0.3, -0.25) is 19.7 Å². The first-order valence-corrected chi connectivity index (χ1v) is 11.4. The molecule has 0 radical (unpaired) electrons. The zero-order valence-corrected chi connectivity index (χ0v) is 20.7. The van der Waals surface area contributed by atoms with E-state index in [4.69, 9.17) is 32.7 Å². The van der Waals surface area contributed by atoms with Gasteiger partial charge in [0.05, 0.1) is 12.0 Å². The van der Waals surface area contributed by atoms with Crippen LogP contribution in [0, 0.1) is 10.1 Å². The van der Waals surface area contributed by atoms with Gasteiger partial charge in [-0.1, -0.05) is 42.6 Å². The minimum atomic E-state index is -0.827. The Morgan fingerprint density at radius 3 is 2.47 bits per heavy atom. The quantitative estimate of drug-likeness (QED) is 0.252. The van der Waals surface area contributed by atoms with Crippen molar-refractivity contribution in [2.24, 2.45) is 0 Å². The van der Waals surface area contributed by atoms with Crippen LogP contribution >= 0.6 is 23.2 Å². The number of hydrogen-bond acceptors (Lipinski definition) is 6. The molecule has 2 amide bonds. The van der Waals surface area contributed by atoms with Gasteiger partial charge >= 0.3 is 5.69 Å². The number of nitro benzene ring substituents is 1. The second-order valence-electron chi connectivity index (χ2n) is 7.42.